The molecule has 0 unspecified atom stereocenters. The van der Waals surface area contributed by atoms with Crippen molar-refractivity contribution >= 4 is 49.8 Å². The lowest BCUT2D eigenvalue weighted by molar-refractivity contribution is 0.660. The minimum Gasteiger partial charge on any atom is -0.455 e. The van der Waals surface area contributed by atoms with E-state index in [1.807, 2.05) is 0 Å². The van der Waals surface area contributed by atoms with Crippen molar-refractivity contribution in [3.05, 3.63) is 236 Å². The maximum atomic E-state index is 6.98. The summed E-state index contributed by atoms with van der Waals surface area (Å²) in [5.41, 5.74) is 19.7. The fraction of sp³-hybridized carbons (Fsp3) is 0.0492. The SMILES string of the molecule is CC1(C)c2ccccc2-c2ccc(N(c3ccc(-c4ccccc4)cc3)c3ccc(-c4cc(-c5ccccc5)c5oc6c7ccccc7c(-c7ccccc7)cc6c5c4)cc3)cc21. The van der Waals surface area contributed by atoms with E-state index in [1.54, 1.807) is 0 Å². The third kappa shape index (κ3) is 6.09. The van der Waals surface area contributed by atoms with Gasteiger partial charge in [-0.1, -0.05) is 184 Å². The van der Waals surface area contributed by atoms with Gasteiger partial charge in [0.25, 0.3) is 0 Å². The Morgan fingerprint density at radius 1 is 0.302 bits per heavy atom. The zero-order chi connectivity index (χ0) is 42.1. The highest BCUT2D eigenvalue weighted by molar-refractivity contribution is 6.21. The van der Waals surface area contributed by atoms with E-state index in [4.69, 9.17) is 4.42 Å². The molecule has 0 atom stereocenters. The van der Waals surface area contributed by atoms with Crippen LogP contribution in [0.15, 0.2) is 229 Å². The first kappa shape index (κ1) is 36.9. The first-order chi connectivity index (χ1) is 31.0. The van der Waals surface area contributed by atoms with E-state index in [0.29, 0.717) is 0 Å². The molecule has 0 radical (unpaired) electrons. The molecule has 0 amide bonds. The average molecular weight is 806 g/mol. The second-order valence-corrected chi connectivity index (χ2v) is 17.3. The number of benzene rings is 10. The Morgan fingerprint density at radius 3 is 1.46 bits per heavy atom. The van der Waals surface area contributed by atoms with Crippen LogP contribution in [0.1, 0.15) is 25.0 Å². The summed E-state index contributed by atoms with van der Waals surface area (Å²) in [6.07, 6.45) is 0. The maximum Gasteiger partial charge on any atom is 0.143 e. The molecule has 0 N–H and O–H groups in total. The number of anilines is 3. The van der Waals surface area contributed by atoms with Crippen LogP contribution in [0.25, 0.3) is 88.3 Å². The standard InChI is InChI=1S/C61H43NO/c1-61(2)57-25-15-14-23-50(57)51-35-34-48(38-58(51)61)62(46-30-26-41(27-31-46)40-16-6-3-7-17-40)47-32-28-42(29-33-47)45-36-54(44-20-10-5-11-21-44)60-55(37-45)56-39-53(43-18-8-4-9-19-43)49-22-12-13-24-52(49)59(56)63-60/h3-39H,1-2H3. The van der Waals surface area contributed by atoms with Gasteiger partial charge < -0.3 is 9.32 Å². The smallest absolute Gasteiger partial charge is 0.143 e. The van der Waals surface area contributed by atoms with Crippen molar-refractivity contribution in [2.24, 2.45) is 0 Å². The average Bonchev–Trinajstić information content (AvgIpc) is 3.84. The molecule has 1 aliphatic carbocycles. The first-order valence-corrected chi connectivity index (χ1v) is 21.8. The summed E-state index contributed by atoms with van der Waals surface area (Å²) < 4.78 is 6.98. The fourth-order valence-electron chi connectivity index (χ4n) is 10.1. The largest absolute Gasteiger partial charge is 0.455 e. The Morgan fingerprint density at radius 2 is 0.794 bits per heavy atom. The van der Waals surface area contributed by atoms with Gasteiger partial charge in [0.2, 0.25) is 0 Å². The molecule has 1 aliphatic rings. The highest BCUT2D eigenvalue weighted by atomic mass is 16.3. The summed E-state index contributed by atoms with van der Waals surface area (Å²) in [5.74, 6) is 0. The van der Waals surface area contributed by atoms with Crippen LogP contribution in [0.5, 0.6) is 0 Å². The van der Waals surface area contributed by atoms with Gasteiger partial charge in [0, 0.05) is 44.2 Å². The zero-order valence-corrected chi connectivity index (χ0v) is 35.2. The monoisotopic (exact) mass is 805 g/mol. The van der Waals surface area contributed by atoms with Crippen molar-refractivity contribution in [2.45, 2.75) is 19.3 Å². The maximum absolute atomic E-state index is 6.98. The lowest BCUT2D eigenvalue weighted by Crippen LogP contribution is -2.16. The van der Waals surface area contributed by atoms with Gasteiger partial charge in [-0.05, 0) is 121 Å². The molecule has 0 saturated carbocycles. The molecule has 1 aromatic heterocycles. The molecule has 12 rings (SSSR count). The third-order valence-corrected chi connectivity index (χ3v) is 13.3. The Balaban J connectivity index is 1.01. The van der Waals surface area contributed by atoms with Crippen LogP contribution in [0.2, 0.25) is 0 Å². The summed E-state index contributed by atoms with van der Waals surface area (Å²) in [4.78, 5) is 2.40. The normalized spacial score (nSPS) is 12.7. The number of fused-ring (bicyclic) bond motifs is 8. The van der Waals surface area contributed by atoms with Gasteiger partial charge in [0.1, 0.15) is 11.2 Å². The second kappa shape index (κ2) is 14.6. The van der Waals surface area contributed by atoms with E-state index in [0.717, 1.165) is 66.6 Å². The van der Waals surface area contributed by atoms with Gasteiger partial charge in [-0.3, -0.25) is 0 Å². The zero-order valence-electron chi connectivity index (χ0n) is 35.2. The van der Waals surface area contributed by atoms with Crippen LogP contribution < -0.4 is 4.90 Å². The van der Waals surface area contributed by atoms with Gasteiger partial charge in [-0.15, -0.1) is 0 Å². The summed E-state index contributed by atoms with van der Waals surface area (Å²) in [7, 11) is 0. The van der Waals surface area contributed by atoms with Crippen molar-refractivity contribution in [2.75, 3.05) is 4.90 Å². The van der Waals surface area contributed by atoms with Gasteiger partial charge in [-0.25, -0.2) is 0 Å². The minimum atomic E-state index is -0.116. The molecule has 10 aromatic carbocycles. The molecule has 298 valence electrons. The molecule has 0 spiro atoms. The van der Waals surface area contributed by atoms with Crippen LogP contribution in [-0.2, 0) is 5.41 Å². The van der Waals surface area contributed by atoms with Crippen molar-refractivity contribution in [3.63, 3.8) is 0 Å². The van der Waals surface area contributed by atoms with Crippen LogP contribution in [0.3, 0.4) is 0 Å². The van der Waals surface area contributed by atoms with E-state index < -0.39 is 0 Å². The molecule has 0 fully saturated rings. The Labute approximate surface area is 368 Å². The highest BCUT2D eigenvalue weighted by Gasteiger charge is 2.35. The third-order valence-electron chi connectivity index (χ3n) is 13.3. The molecule has 11 aromatic rings. The van der Waals surface area contributed by atoms with E-state index in [2.05, 4.69) is 243 Å². The van der Waals surface area contributed by atoms with Crippen molar-refractivity contribution in [1.29, 1.82) is 0 Å². The minimum absolute atomic E-state index is 0.116. The summed E-state index contributed by atoms with van der Waals surface area (Å²) in [5, 5.41) is 4.52. The summed E-state index contributed by atoms with van der Waals surface area (Å²) >= 11 is 0. The Bertz CT molecular complexity index is 3490. The quantitative estimate of drug-likeness (QED) is 0.160. The predicted molar refractivity (Wildman–Crippen MR) is 265 cm³/mol. The summed E-state index contributed by atoms with van der Waals surface area (Å²) in [6, 6.07) is 81.5. The molecule has 0 bridgehead atoms. The summed E-state index contributed by atoms with van der Waals surface area (Å²) in [6.45, 7) is 4.70. The fourth-order valence-corrected chi connectivity index (χ4v) is 10.1. The Kier molecular flexibility index (Phi) is 8.55. The molecule has 1 heterocycles. The van der Waals surface area contributed by atoms with Crippen LogP contribution >= 0.6 is 0 Å². The number of hydrogen-bond donors (Lipinski definition) is 0. The van der Waals surface area contributed by atoms with Crippen molar-refractivity contribution < 1.29 is 4.42 Å². The predicted octanol–water partition coefficient (Wildman–Crippen LogP) is 17.2. The van der Waals surface area contributed by atoms with E-state index >= 15 is 0 Å². The van der Waals surface area contributed by atoms with Gasteiger partial charge >= 0.3 is 0 Å². The van der Waals surface area contributed by atoms with Crippen LogP contribution in [-0.4, -0.2) is 0 Å². The number of hydrogen-bond acceptors (Lipinski definition) is 2. The van der Waals surface area contributed by atoms with Crippen molar-refractivity contribution in [3.8, 4) is 55.6 Å². The number of furan rings is 1. The van der Waals surface area contributed by atoms with E-state index in [-0.39, 0.29) is 5.41 Å². The first-order valence-electron chi connectivity index (χ1n) is 21.8. The van der Waals surface area contributed by atoms with Crippen molar-refractivity contribution in [1.82, 2.24) is 0 Å². The molecule has 0 saturated heterocycles. The second-order valence-electron chi connectivity index (χ2n) is 17.3. The van der Waals surface area contributed by atoms with E-state index in [1.165, 1.54) is 49.9 Å². The molecular formula is C61H43NO. The molecular weight excluding hydrogens is 763 g/mol. The highest BCUT2D eigenvalue weighted by Crippen LogP contribution is 2.51. The van der Waals surface area contributed by atoms with Crippen LogP contribution in [0, 0.1) is 0 Å². The Hall–Kier alpha value is -7.94. The number of nitrogens with zero attached hydrogens (tertiary/aromatic N) is 1. The molecule has 63 heavy (non-hydrogen) atoms. The topological polar surface area (TPSA) is 16.4 Å². The molecule has 2 heteroatoms. The lowest BCUT2D eigenvalue weighted by atomic mass is 9.82. The van der Waals surface area contributed by atoms with E-state index in [9.17, 15) is 0 Å². The van der Waals surface area contributed by atoms with Crippen LogP contribution in [0.4, 0.5) is 17.1 Å². The number of rotatable bonds is 7. The van der Waals surface area contributed by atoms with Gasteiger partial charge in [-0.2, -0.15) is 0 Å². The molecule has 0 aliphatic heterocycles. The molecule has 2 nitrogen and oxygen atoms in total. The van der Waals surface area contributed by atoms with Gasteiger partial charge in [0.05, 0.1) is 0 Å². The van der Waals surface area contributed by atoms with Gasteiger partial charge in [0.15, 0.2) is 0 Å². The lowest BCUT2D eigenvalue weighted by Gasteiger charge is -2.28.